The Morgan fingerprint density at radius 3 is 1.72 bits per heavy atom. The van der Waals surface area contributed by atoms with Gasteiger partial charge in [-0.2, -0.15) is 0 Å². The van der Waals surface area contributed by atoms with E-state index in [0.717, 1.165) is 41.2 Å². The summed E-state index contributed by atoms with van der Waals surface area (Å²) in [6, 6.07) is 35.6. The third-order valence-electron chi connectivity index (χ3n) is 6.32. The van der Waals surface area contributed by atoms with Crippen LogP contribution in [0.25, 0.3) is 0 Å². The highest BCUT2D eigenvalue weighted by Gasteiger charge is 2.17. The summed E-state index contributed by atoms with van der Waals surface area (Å²) in [6.45, 7) is 5.89. The molecule has 6 heteroatoms. The average molecular weight is 606 g/mol. The van der Waals surface area contributed by atoms with E-state index >= 15 is 0 Å². The maximum atomic E-state index is 5.39. The molecule has 39 heavy (non-hydrogen) atoms. The van der Waals surface area contributed by atoms with Crippen LogP contribution in [-0.4, -0.2) is 24.3 Å². The molecule has 0 amide bonds. The summed E-state index contributed by atoms with van der Waals surface area (Å²) in [5.74, 6) is 2.93. The van der Waals surface area contributed by atoms with Gasteiger partial charge >= 0.3 is 0 Å². The minimum Gasteiger partial charge on any atom is -0.497 e. The average Bonchev–Trinajstić information content (AvgIpc) is 2.96. The molecule has 0 saturated carbocycles. The third kappa shape index (κ3) is 8.91. The second-order valence-electron chi connectivity index (χ2n) is 9.43. The van der Waals surface area contributed by atoms with Crippen LogP contribution < -0.4 is 9.47 Å². The molecule has 0 atom stereocenters. The fourth-order valence-corrected chi connectivity index (χ4v) is 5.15. The number of aliphatic imine (C=N–C) groups is 1. The van der Waals surface area contributed by atoms with Crippen molar-refractivity contribution < 1.29 is 9.47 Å². The number of halogens is 1. The molecule has 0 aliphatic carbocycles. The second kappa shape index (κ2) is 15.4. The van der Waals surface area contributed by atoms with Crippen molar-refractivity contribution in [2.75, 3.05) is 14.2 Å². The number of hydrogen-bond acceptors (Lipinski definition) is 4. The van der Waals surface area contributed by atoms with Crippen LogP contribution in [0.3, 0.4) is 0 Å². The number of ether oxygens (including phenoxy) is 2. The number of amidine groups is 1. The molecule has 0 aliphatic heterocycles. The molecule has 0 bridgehead atoms. The molecule has 0 aliphatic rings. The van der Waals surface area contributed by atoms with E-state index in [1.54, 1.807) is 26.0 Å². The summed E-state index contributed by atoms with van der Waals surface area (Å²) in [5, 5.41) is 0.994. The summed E-state index contributed by atoms with van der Waals surface area (Å²) in [4.78, 5) is 7.68. The van der Waals surface area contributed by atoms with Crippen molar-refractivity contribution in [2.45, 2.75) is 38.6 Å². The van der Waals surface area contributed by atoms with Crippen LogP contribution in [0.15, 0.2) is 108 Å². The first-order chi connectivity index (χ1) is 18.6. The highest BCUT2D eigenvalue weighted by atomic mass is 79.9. The van der Waals surface area contributed by atoms with Crippen LogP contribution in [0.1, 0.15) is 42.0 Å². The van der Waals surface area contributed by atoms with Crippen LogP contribution >= 0.6 is 28.7 Å². The molecular formula is C33H37BrN2O2S. The Hall–Kier alpha value is -3.22. The largest absolute Gasteiger partial charge is 0.497 e. The molecule has 0 saturated heterocycles. The van der Waals surface area contributed by atoms with Gasteiger partial charge in [0.25, 0.3) is 0 Å². The van der Waals surface area contributed by atoms with Crippen molar-refractivity contribution in [3.05, 3.63) is 125 Å². The van der Waals surface area contributed by atoms with Crippen molar-refractivity contribution in [1.82, 2.24) is 4.90 Å². The molecule has 0 fully saturated rings. The maximum Gasteiger partial charge on any atom is 0.165 e. The predicted octanol–water partition coefficient (Wildman–Crippen LogP) is 9.03. The standard InChI is InChI=1S/C33H36N2O2S.BrH/c1-25(2)31-12-8-9-13-32(31)34-33(38-24-28-10-6-5-7-11-28)35(22-26-14-18-29(36-3)19-15-26)23-27-16-20-30(37-4)21-17-27;/h5-21,25H,22-24H2,1-4H3;1H. The lowest BCUT2D eigenvalue weighted by Crippen LogP contribution is -2.28. The topological polar surface area (TPSA) is 34.1 Å². The summed E-state index contributed by atoms with van der Waals surface area (Å²) < 4.78 is 10.8. The van der Waals surface area contributed by atoms with Crippen molar-refractivity contribution in [3.63, 3.8) is 0 Å². The number of rotatable bonds is 10. The van der Waals surface area contributed by atoms with Gasteiger partial charge in [-0.05, 0) is 58.5 Å². The Labute approximate surface area is 247 Å². The Morgan fingerprint density at radius 1 is 0.692 bits per heavy atom. The van der Waals surface area contributed by atoms with Crippen molar-refractivity contribution >= 4 is 39.6 Å². The van der Waals surface area contributed by atoms with E-state index in [0.29, 0.717) is 5.92 Å². The van der Waals surface area contributed by atoms with Crippen molar-refractivity contribution in [3.8, 4) is 11.5 Å². The van der Waals surface area contributed by atoms with Gasteiger partial charge in [-0.15, -0.1) is 17.0 Å². The van der Waals surface area contributed by atoms with E-state index < -0.39 is 0 Å². The Morgan fingerprint density at radius 2 is 1.21 bits per heavy atom. The lowest BCUT2D eigenvalue weighted by Gasteiger charge is -2.27. The van der Waals surface area contributed by atoms with E-state index in [4.69, 9.17) is 14.5 Å². The number of thioether (sulfide) groups is 1. The summed E-state index contributed by atoms with van der Waals surface area (Å²) in [6.07, 6.45) is 0. The number of para-hydroxylation sites is 1. The molecular weight excluding hydrogens is 568 g/mol. The quantitative estimate of drug-likeness (QED) is 0.133. The summed E-state index contributed by atoms with van der Waals surface area (Å²) in [5.41, 5.74) is 5.94. The Kier molecular flexibility index (Phi) is 12.0. The molecule has 4 aromatic rings. The minimum atomic E-state index is 0. The van der Waals surface area contributed by atoms with Crippen LogP contribution in [0, 0.1) is 0 Å². The Balaban J connectivity index is 0.00000420. The lowest BCUT2D eigenvalue weighted by atomic mass is 10.0. The monoisotopic (exact) mass is 604 g/mol. The smallest absolute Gasteiger partial charge is 0.165 e. The van der Waals surface area contributed by atoms with E-state index in [1.165, 1.54) is 22.3 Å². The van der Waals surface area contributed by atoms with Gasteiger partial charge < -0.3 is 14.4 Å². The van der Waals surface area contributed by atoms with Crippen LogP contribution in [0.5, 0.6) is 11.5 Å². The van der Waals surface area contributed by atoms with Gasteiger partial charge in [0.15, 0.2) is 5.17 Å². The zero-order valence-electron chi connectivity index (χ0n) is 23.0. The fraction of sp³-hybridized carbons (Fsp3) is 0.242. The SMILES string of the molecule is Br.COc1ccc(CN(Cc2ccc(OC)cc2)C(=Nc2ccccc2C(C)C)SCc2ccccc2)cc1. The second-order valence-corrected chi connectivity index (χ2v) is 10.4. The maximum absolute atomic E-state index is 5.39. The molecule has 204 valence electrons. The fourth-order valence-electron chi connectivity index (χ4n) is 4.19. The number of nitrogens with zero attached hydrogens (tertiary/aromatic N) is 2. The molecule has 4 rings (SSSR count). The Bertz CT molecular complexity index is 1260. The van der Waals surface area contributed by atoms with Gasteiger partial charge in [0, 0.05) is 18.8 Å². The first-order valence-corrected chi connectivity index (χ1v) is 13.9. The molecule has 0 spiro atoms. The normalized spacial score (nSPS) is 11.2. The molecule has 4 nitrogen and oxygen atoms in total. The first-order valence-electron chi connectivity index (χ1n) is 12.9. The molecule has 4 aromatic carbocycles. The van der Waals surface area contributed by atoms with E-state index in [1.807, 2.05) is 24.3 Å². The van der Waals surface area contributed by atoms with Gasteiger partial charge in [0.05, 0.1) is 19.9 Å². The van der Waals surface area contributed by atoms with E-state index in [9.17, 15) is 0 Å². The minimum absolute atomic E-state index is 0. The molecule has 0 heterocycles. The van der Waals surface area contributed by atoms with Crippen LogP contribution in [-0.2, 0) is 18.8 Å². The van der Waals surface area contributed by atoms with Crippen molar-refractivity contribution in [1.29, 1.82) is 0 Å². The zero-order valence-corrected chi connectivity index (χ0v) is 25.6. The molecule has 0 radical (unpaired) electrons. The van der Waals surface area contributed by atoms with E-state index in [2.05, 4.69) is 97.6 Å². The van der Waals surface area contributed by atoms with Gasteiger partial charge in [0.2, 0.25) is 0 Å². The van der Waals surface area contributed by atoms with Crippen LogP contribution in [0.2, 0.25) is 0 Å². The molecule has 0 aromatic heterocycles. The molecule has 0 N–H and O–H groups in total. The zero-order chi connectivity index (χ0) is 26.7. The van der Waals surface area contributed by atoms with Gasteiger partial charge in [-0.25, -0.2) is 4.99 Å². The number of benzene rings is 4. The molecule has 0 unspecified atom stereocenters. The van der Waals surface area contributed by atoms with Crippen LogP contribution in [0.4, 0.5) is 5.69 Å². The number of hydrogen-bond donors (Lipinski definition) is 0. The number of methoxy groups -OCH3 is 2. The van der Waals surface area contributed by atoms with Gasteiger partial charge in [0.1, 0.15) is 11.5 Å². The van der Waals surface area contributed by atoms with Crippen molar-refractivity contribution in [2.24, 2.45) is 4.99 Å². The summed E-state index contributed by atoms with van der Waals surface area (Å²) >= 11 is 1.78. The predicted molar refractivity (Wildman–Crippen MR) is 171 cm³/mol. The third-order valence-corrected chi connectivity index (χ3v) is 7.41. The van der Waals surface area contributed by atoms with Gasteiger partial charge in [-0.1, -0.05) is 98.4 Å². The summed E-state index contributed by atoms with van der Waals surface area (Å²) in [7, 11) is 3.39. The lowest BCUT2D eigenvalue weighted by molar-refractivity contribution is 0.405. The van der Waals surface area contributed by atoms with Gasteiger partial charge in [-0.3, -0.25) is 0 Å². The highest BCUT2D eigenvalue weighted by molar-refractivity contribution is 8.93. The first kappa shape index (κ1) is 30.3. The highest BCUT2D eigenvalue weighted by Crippen LogP contribution is 2.30. The van der Waals surface area contributed by atoms with E-state index in [-0.39, 0.29) is 17.0 Å².